The van der Waals surface area contributed by atoms with Gasteiger partial charge in [0, 0.05) is 17.7 Å². The van der Waals surface area contributed by atoms with Gasteiger partial charge in [0.25, 0.3) is 0 Å². The summed E-state index contributed by atoms with van der Waals surface area (Å²) >= 11 is 0. The van der Waals surface area contributed by atoms with Crippen LogP contribution < -0.4 is 10.6 Å². The van der Waals surface area contributed by atoms with Crippen molar-refractivity contribution in [1.29, 1.82) is 0 Å². The van der Waals surface area contributed by atoms with Gasteiger partial charge in [0.15, 0.2) is 0 Å². The Morgan fingerprint density at radius 2 is 1.81 bits per heavy atom. The highest BCUT2D eigenvalue weighted by atomic mass is 16.2. The summed E-state index contributed by atoms with van der Waals surface area (Å²) in [5.74, 6) is 0.216. The van der Waals surface area contributed by atoms with Gasteiger partial charge < -0.3 is 10.6 Å². The van der Waals surface area contributed by atoms with Crippen LogP contribution in [0.4, 0.5) is 5.69 Å². The molecule has 0 saturated heterocycles. The molecule has 0 bridgehead atoms. The Labute approximate surface area is 125 Å². The minimum absolute atomic E-state index is 0.0683. The molecule has 112 valence electrons. The number of anilines is 1. The second-order valence-corrected chi connectivity index (χ2v) is 5.84. The number of allylic oxidation sites excluding steroid dienone is 1. The van der Waals surface area contributed by atoms with E-state index >= 15 is 0 Å². The zero-order valence-electron chi connectivity index (χ0n) is 12.8. The van der Waals surface area contributed by atoms with Crippen molar-refractivity contribution in [2.75, 3.05) is 5.32 Å². The Bertz CT molecular complexity index is 553. The molecule has 4 heteroatoms. The van der Waals surface area contributed by atoms with Gasteiger partial charge in [-0.05, 0) is 51.3 Å². The van der Waals surface area contributed by atoms with Crippen LogP contribution in [-0.4, -0.2) is 11.8 Å². The van der Waals surface area contributed by atoms with Gasteiger partial charge in [-0.15, -0.1) is 0 Å². The van der Waals surface area contributed by atoms with Crippen molar-refractivity contribution in [1.82, 2.24) is 5.32 Å². The highest BCUT2D eigenvalue weighted by molar-refractivity contribution is 5.94. The Hall–Kier alpha value is -2.10. The zero-order valence-corrected chi connectivity index (χ0v) is 12.8. The Kier molecular flexibility index (Phi) is 4.78. The van der Waals surface area contributed by atoms with E-state index < -0.39 is 0 Å². The topological polar surface area (TPSA) is 58.2 Å². The van der Waals surface area contributed by atoms with Crippen LogP contribution in [-0.2, 0) is 9.59 Å². The van der Waals surface area contributed by atoms with Crippen molar-refractivity contribution < 1.29 is 9.59 Å². The third-order valence-corrected chi connectivity index (χ3v) is 3.40. The molecule has 21 heavy (non-hydrogen) atoms. The highest BCUT2D eigenvalue weighted by Crippen LogP contribution is 2.30. The molecule has 1 fully saturated rings. The van der Waals surface area contributed by atoms with Gasteiger partial charge in [-0.1, -0.05) is 17.7 Å². The SMILES string of the molecule is CC(C)=CC(=O)N[C@@H](C)c1ccc(NC(=O)C2CC2)cc1. The van der Waals surface area contributed by atoms with Crippen LogP contribution >= 0.6 is 0 Å². The van der Waals surface area contributed by atoms with Crippen LogP contribution in [0.25, 0.3) is 0 Å². The van der Waals surface area contributed by atoms with Gasteiger partial charge >= 0.3 is 0 Å². The van der Waals surface area contributed by atoms with Crippen LogP contribution in [0.15, 0.2) is 35.9 Å². The van der Waals surface area contributed by atoms with E-state index in [0.29, 0.717) is 0 Å². The molecule has 2 N–H and O–H groups in total. The predicted octanol–water partition coefficient (Wildman–Crippen LogP) is 3.18. The number of nitrogens with one attached hydrogen (secondary N) is 2. The number of carbonyl (C=O) groups excluding carboxylic acids is 2. The molecular formula is C17H22N2O2. The van der Waals surface area contributed by atoms with Gasteiger partial charge in [0.2, 0.25) is 11.8 Å². The van der Waals surface area contributed by atoms with Crippen molar-refractivity contribution in [3.63, 3.8) is 0 Å². The minimum Gasteiger partial charge on any atom is -0.346 e. The maximum absolute atomic E-state index is 11.7. The third kappa shape index (κ3) is 4.74. The number of rotatable bonds is 5. The first-order chi connectivity index (χ1) is 9.95. The summed E-state index contributed by atoms with van der Waals surface area (Å²) in [6, 6.07) is 7.53. The number of benzene rings is 1. The lowest BCUT2D eigenvalue weighted by molar-refractivity contribution is -0.118. The van der Waals surface area contributed by atoms with Gasteiger partial charge in [-0.25, -0.2) is 0 Å². The van der Waals surface area contributed by atoms with Crippen molar-refractivity contribution >= 4 is 17.5 Å². The summed E-state index contributed by atoms with van der Waals surface area (Å²) in [6.07, 6.45) is 3.58. The molecule has 1 aromatic carbocycles. The maximum atomic E-state index is 11.7. The average molecular weight is 286 g/mol. The summed E-state index contributed by atoms with van der Waals surface area (Å²) in [7, 11) is 0. The molecule has 0 radical (unpaired) electrons. The van der Waals surface area contributed by atoms with Gasteiger partial charge in [0.1, 0.15) is 0 Å². The molecule has 1 saturated carbocycles. The Morgan fingerprint density at radius 3 is 2.33 bits per heavy atom. The van der Waals surface area contributed by atoms with Crippen LogP contribution in [0.2, 0.25) is 0 Å². The van der Waals surface area contributed by atoms with E-state index in [2.05, 4.69) is 10.6 Å². The largest absolute Gasteiger partial charge is 0.346 e. The maximum Gasteiger partial charge on any atom is 0.244 e. The third-order valence-electron chi connectivity index (χ3n) is 3.40. The van der Waals surface area contributed by atoms with Gasteiger partial charge in [-0.3, -0.25) is 9.59 Å². The molecule has 1 aliphatic carbocycles. The van der Waals surface area contributed by atoms with Gasteiger partial charge in [-0.2, -0.15) is 0 Å². The lowest BCUT2D eigenvalue weighted by Crippen LogP contribution is -2.24. The van der Waals surface area contributed by atoms with E-state index in [1.807, 2.05) is 45.0 Å². The first kappa shape index (κ1) is 15.3. The summed E-state index contributed by atoms with van der Waals surface area (Å²) < 4.78 is 0. The molecule has 2 rings (SSSR count). The van der Waals surface area contributed by atoms with Gasteiger partial charge in [0.05, 0.1) is 6.04 Å². The molecule has 2 amide bonds. The number of hydrogen-bond acceptors (Lipinski definition) is 2. The summed E-state index contributed by atoms with van der Waals surface area (Å²) in [6.45, 7) is 5.72. The predicted molar refractivity (Wildman–Crippen MR) is 83.8 cm³/mol. The van der Waals surface area contributed by atoms with E-state index in [0.717, 1.165) is 29.7 Å². The summed E-state index contributed by atoms with van der Waals surface area (Å²) in [5, 5.41) is 5.81. The second-order valence-electron chi connectivity index (χ2n) is 5.84. The smallest absolute Gasteiger partial charge is 0.244 e. The van der Waals surface area contributed by atoms with Crippen LogP contribution in [0.3, 0.4) is 0 Å². The first-order valence-electron chi connectivity index (χ1n) is 7.32. The van der Waals surface area contributed by atoms with Crippen LogP contribution in [0, 0.1) is 5.92 Å². The van der Waals surface area contributed by atoms with E-state index in [1.165, 1.54) is 0 Å². The lowest BCUT2D eigenvalue weighted by atomic mass is 10.1. The second kappa shape index (κ2) is 6.57. The molecule has 1 aliphatic rings. The number of carbonyl (C=O) groups is 2. The molecule has 1 aromatic rings. The van der Waals surface area contributed by atoms with Crippen molar-refractivity contribution in [2.24, 2.45) is 5.92 Å². The average Bonchev–Trinajstić information content (AvgIpc) is 3.22. The molecule has 0 spiro atoms. The number of amides is 2. The standard InChI is InChI=1S/C17H22N2O2/c1-11(2)10-16(20)18-12(3)13-6-8-15(9-7-13)19-17(21)14-4-5-14/h6-10,12,14H,4-5H2,1-3H3,(H,18,20)(H,19,21)/t12-/m0/s1. The molecule has 0 aliphatic heterocycles. The molecule has 0 unspecified atom stereocenters. The van der Waals surface area contributed by atoms with Crippen molar-refractivity contribution in [2.45, 2.75) is 39.7 Å². The minimum atomic E-state index is -0.0892. The van der Waals surface area contributed by atoms with Crippen LogP contribution in [0.5, 0.6) is 0 Å². The van der Waals surface area contributed by atoms with E-state index in [-0.39, 0.29) is 23.8 Å². The molecule has 1 atom stereocenters. The summed E-state index contributed by atoms with van der Waals surface area (Å²) in [5.41, 5.74) is 2.78. The quantitative estimate of drug-likeness (QED) is 0.817. The fourth-order valence-electron chi connectivity index (χ4n) is 2.05. The monoisotopic (exact) mass is 286 g/mol. The number of hydrogen-bond donors (Lipinski definition) is 2. The summed E-state index contributed by atoms with van der Waals surface area (Å²) in [4.78, 5) is 23.4. The molecular weight excluding hydrogens is 264 g/mol. The highest BCUT2D eigenvalue weighted by Gasteiger charge is 2.29. The van der Waals surface area contributed by atoms with E-state index in [1.54, 1.807) is 6.08 Å². The van der Waals surface area contributed by atoms with Crippen LogP contribution in [0.1, 0.15) is 45.2 Å². The Morgan fingerprint density at radius 1 is 1.19 bits per heavy atom. The fraction of sp³-hybridized carbons (Fsp3) is 0.412. The van der Waals surface area contributed by atoms with E-state index in [9.17, 15) is 9.59 Å². The van der Waals surface area contributed by atoms with Crippen molar-refractivity contribution in [3.05, 3.63) is 41.5 Å². The fourth-order valence-corrected chi connectivity index (χ4v) is 2.05. The van der Waals surface area contributed by atoms with Crippen molar-refractivity contribution in [3.8, 4) is 0 Å². The zero-order chi connectivity index (χ0) is 15.4. The molecule has 4 nitrogen and oxygen atoms in total. The lowest BCUT2D eigenvalue weighted by Gasteiger charge is -2.14. The first-order valence-corrected chi connectivity index (χ1v) is 7.32. The molecule has 0 aromatic heterocycles. The Balaban J connectivity index is 1.92. The van der Waals surface area contributed by atoms with E-state index in [4.69, 9.17) is 0 Å². The molecule has 0 heterocycles. The normalized spacial score (nSPS) is 15.0.